The average molecular weight is 1050 g/mol. The van der Waals surface area contributed by atoms with Crippen molar-refractivity contribution in [3.05, 3.63) is 0 Å². The summed E-state index contributed by atoms with van der Waals surface area (Å²) in [6.07, 6.45) is -14.1. The van der Waals surface area contributed by atoms with E-state index in [1.54, 1.807) is 14.1 Å². The monoisotopic (exact) mass is 1050 g/mol. The molecule has 8 nitrogen and oxygen atoms in total. The van der Waals surface area contributed by atoms with Gasteiger partial charge in [0.1, 0.15) is 0 Å². The summed E-state index contributed by atoms with van der Waals surface area (Å²) in [6.45, 7) is -3.54. The Morgan fingerprint density at radius 2 is 0.720 bits per heavy atom. The summed E-state index contributed by atoms with van der Waals surface area (Å²) in [4.78, 5) is 3.39. The fraction of sp³-hybridized carbons (Fsp3) is 1.00. The van der Waals surface area contributed by atoms with Crippen LogP contribution in [0.15, 0.2) is 0 Å². The van der Waals surface area contributed by atoms with E-state index in [2.05, 4.69) is 22.6 Å². The van der Waals surface area contributed by atoms with Crippen LogP contribution in [0.25, 0.3) is 0 Å². The lowest BCUT2D eigenvalue weighted by Crippen LogP contribution is -2.67. The van der Waals surface area contributed by atoms with Crippen molar-refractivity contribution in [1.82, 2.24) is 13.5 Å². The van der Waals surface area contributed by atoms with Crippen molar-refractivity contribution >= 4 is 66.6 Å². The van der Waals surface area contributed by atoms with Crippen molar-refractivity contribution in [3.63, 3.8) is 0 Å². The van der Waals surface area contributed by atoms with E-state index in [0.717, 1.165) is 0 Å². The molecule has 0 aromatic carbocycles. The number of nitrogens with zero attached hydrogens (tertiary/aromatic N) is 4. The van der Waals surface area contributed by atoms with Gasteiger partial charge in [-0.05, 0) is 12.0 Å². The van der Waals surface area contributed by atoms with Gasteiger partial charge in [-0.3, -0.25) is 0 Å². The topological polar surface area (TPSA) is 78.0 Å². The zero-order chi connectivity index (χ0) is 39.9. The normalized spacial score (nSPS) is 20.1. The third-order valence-corrected chi connectivity index (χ3v) is 10.8. The number of quaternary nitrogens is 1. The second-order valence-corrected chi connectivity index (χ2v) is 14.8. The smallest absolute Gasteiger partial charge is 0.326 e. The molecule has 2 aliphatic rings. The molecule has 0 aromatic heterocycles. The van der Waals surface area contributed by atoms with Gasteiger partial charge < -0.3 is 9.38 Å². The Bertz CT molecular complexity index is 1330. The predicted octanol–water partition coefficient (Wildman–Crippen LogP) is 5.79. The zero-order valence-corrected chi connectivity index (χ0v) is 31.6. The van der Waals surface area contributed by atoms with Crippen LogP contribution in [0.3, 0.4) is 0 Å². The molecular weight excluding hydrogens is 1020 g/mol. The van der Waals surface area contributed by atoms with Crippen molar-refractivity contribution in [3.8, 4) is 0 Å². The van der Waals surface area contributed by atoms with Gasteiger partial charge in [0, 0.05) is 26.2 Å². The van der Waals surface area contributed by atoms with E-state index in [-0.39, 0.29) is 63.2 Å². The Labute approximate surface area is 304 Å². The minimum absolute atomic E-state index is 0. The number of piperazine rings is 2. The number of halogens is 20. The molecule has 2 heterocycles. The zero-order valence-electron chi connectivity index (χ0n) is 25.5. The molecule has 2 rings (SSSR count). The summed E-state index contributed by atoms with van der Waals surface area (Å²) in [5, 5.41) is -13.3. The molecule has 2 fully saturated rings. The van der Waals surface area contributed by atoms with E-state index >= 15 is 0 Å². The number of hydrogen-bond donors (Lipinski definition) is 0. The third-order valence-electron chi connectivity index (χ3n) is 6.93. The van der Waals surface area contributed by atoms with E-state index in [0.29, 0.717) is 0 Å². The highest BCUT2D eigenvalue weighted by molar-refractivity contribution is 14.1. The molecule has 50 heavy (non-hydrogen) atoms. The van der Waals surface area contributed by atoms with Gasteiger partial charge in [0.2, 0.25) is 0 Å². The maximum absolute atomic E-state index is 13.6. The molecule has 0 radical (unpaired) electrons. The van der Waals surface area contributed by atoms with Gasteiger partial charge in [-0.2, -0.15) is 87.6 Å². The summed E-state index contributed by atoms with van der Waals surface area (Å²) in [5.41, 5.74) is 0. The number of rotatable bonds is 8. The molecular formula is C20H29F18I2N4O4S2+. The SMILES string of the molecule is CI.CN1CCN(S(=O)(=O)C(F)(F)C(F)(F)C(F)(F)C(F)(F)F)CC1.C[N+]1(C)CCN(S(=O)(=O)C(F)(F)C(F)(F)C(F)(F)C(F)(F)F)CC1.I. The third kappa shape index (κ3) is 9.41. The largest absolute Gasteiger partial charge is 0.460 e. The van der Waals surface area contributed by atoms with Gasteiger partial charge in [0.15, 0.2) is 0 Å². The van der Waals surface area contributed by atoms with Crippen molar-refractivity contribution in [2.75, 3.05) is 78.4 Å². The number of likely N-dealkylation sites (N-methyl/N-ethyl adjacent to an activating group) is 2. The van der Waals surface area contributed by atoms with E-state index in [1.807, 2.05) is 4.93 Å². The molecule has 0 atom stereocenters. The van der Waals surface area contributed by atoms with E-state index < -0.39 is 92.8 Å². The second kappa shape index (κ2) is 16.4. The van der Waals surface area contributed by atoms with Gasteiger partial charge in [0.05, 0.1) is 40.3 Å². The molecule has 304 valence electrons. The van der Waals surface area contributed by atoms with Gasteiger partial charge in [-0.15, -0.1) is 24.0 Å². The maximum Gasteiger partial charge on any atom is 0.460 e. The molecule has 0 unspecified atom stereocenters. The van der Waals surface area contributed by atoms with Crippen LogP contribution in [0.5, 0.6) is 0 Å². The predicted molar refractivity (Wildman–Crippen MR) is 157 cm³/mol. The van der Waals surface area contributed by atoms with Crippen molar-refractivity contribution < 1.29 is 100 Å². The number of hydrogen-bond acceptors (Lipinski definition) is 5. The Morgan fingerprint density at radius 1 is 0.480 bits per heavy atom. The molecule has 2 saturated heterocycles. The molecule has 30 heteroatoms. The molecule has 0 bridgehead atoms. The van der Waals surface area contributed by atoms with Crippen LogP contribution >= 0.6 is 46.6 Å². The first-order valence-corrected chi connectivity index (χ1v) is 17.6. The molecule has 0 N–H and O–H groups in total. The quantitative estimate of drug-likeness (QED) is 0.133. The molecule has 0 saturated carbocycles. The Hall–Kier alpha value is -0.0600. The highest BCUT2D eigenvalue weighted by atomic mass is 127. The van der Waals surface area contributed by atoms with Crippen LogP contribution in [-0.4, -0.2) is 160 Å². The maximum atomic E-state index is 13.6. The molecule has 0 aromatic rings. The summed E-state index contributed by atoms with van der Waals surface area (Å²) >= 11 is 2.15. The van der Waals surface area contributed by atoms with Gasteiger partial charge in [-0.25, -0.2) is 16.8 Å². The summed E-state index contributed by atoms with van der Waals surface area (Å²) in [5.74, 6) is -28.8. The highest BCUT2D eigenvalue weighted by Gasteiger charge is 2.87. The van der Waals surface area contributed by atoms with Crippen LogP contribution in [0.2, 0.25) is 0 Å². The average Bonchev–Trinajstić information content (AvgIpc) is 2.92. The van der Waals surface area contributed by atoms with Crippen molar-refractivity contribution in [1.29, 1.82) is 0 Å². The first-order chi connectivity index (χ1) is 21.3. The molecule has 0 aliphatic carbocycles. The summed E-state index contributed by atoms with van der Waals surface area (Å²) in [7, 11) is -8.33. The lowest BCUT2D eigenvalue weighted by Gasteiger charge is -2.41. The molecule has 0 spiro atoms. The van der Waals surface area contributed by atoms with Crippen LogP contribution in [0.1, 0.15) is 0 Å². The van der Waals surface area contributed by atoms with Gasteiger partial charge in [0.25, 0.3) is 20.0 Å². The van der Waals surface area contributed by atoms with E-state index in [4.69, 9.17) is 0 Å². The minimum atomic E-state index is -7.23. The fourth-order valence-corrected chi connectivity index (χ4v) is 6.47. The van der Waals surface area contributed by atoms with Crippen molar-refractivity contribution in [2.24, 2.45) is 0 Å². The molecule has 2 aliphatic heterocycles. The van der Waals surface area contributed by atoms with E-state index in [9.17, 15) is 95.9 Å². The number of alkyl halides is 19. The minimum Gasteiger partial charge on any atom is -0.326 e. The standard InChI is InChI=1S/C10H14F9N2O2S.C9H11F9N2O2S.CH3I.HI/c1-21(2)5-3-20(4-6-21)24(22,23)10(18,19)8(13,14)7(11,12)9(15,16)17;1-19-2-4-20(5-3-19)23(21,22)9(17,18)7(12,13)6(10,11)8(14,15)16;1-2;/h3-6H2,1-2H3;2-5H2,1H3;1H3;1H/q+1;;;. The summed E-state index contributed by atoms with van der Waals surface area (Å²) < 4.78 is 276. The first-order valence-electron chi connectivity index (χ1n) is 12.6. The van der Waals surface area contributed by atoms with Crippen LogP contribution in [-0.2, 0) is 20.0 Å². The first kappa shape index (κ1) is 52.0. The van der Waals surface area contributed by atoms with Crippen LogP contribution < -0.4 is 0 Å². The Morgan fingerprint density at radius 3 is 0.960 bits per heavy atom. The lowest BCUT2D eigenvalue weighted by atomic mass is 10.1. The van der Waals surface area contributed by atoms with Crippen LogP contribution in [0, 0.1) is 0 Å². The van der Waals surface area contributed by atoms with Gasteiger partial charge >= 0.3 is 46.6 Å². The Kier molecular flexibility index (Phi) is 17.0. The second-order valence-electron chi connectivity index (χ2n) is 10.8. The highest BCUT2D eigenvalue weighted by Crippen LogP contribution is 2.56. The van der Waals surface area contributed by atoms with E-state index in [1.165, 1.54) is 11.9 Å². The number of sulfonamides is 2. The van der Waals surface area contributed by atoms with Gasteiger partial charge in [-0.1, -0.05) is 22.6 Å². The van der Waals surface area contributed by atoms with Crippen LogP contribution in [0.4, 0.5) is 79.0 Å². The lowest BCUT2D eigenvalue weighted by molar-refractivity contribution is -0.893. The molecule has 0 amide bonds. The Balaban J connectivity index is 0. The summed E-state index contributed by atoms with van der Waals surface area (Å²) in [6, 6.07) is 0. The fourth-order valence-electron chi connectivity index (χ4n) is 3.63. The van der Waals surface area contributed by atoms with Crippen molar-refractivity contribution in [2.45, 2.75) is 46.6 Å².